The van der Waals surface area contributed by atoms with Crippen LogP contribution in [0.2, 0.25) is 0 Å². The van der Waals surface area contributed by atoms with E-state index in [0.29, 0.717) is 0 Å². The van der Waals surface area contributed by atoms with Crippen LogP contribution in [-0.2, 0) is 0 Å². The van der Waals surface area contributed by atoms with Gasteiger partial charge in [0.1, 0.15) is 0 Å². The van der Waals surface area contributed by atoms with Gasteiger partial charge < -0.3 is 0 Å². The van der Waals surface area contributed by atoms with Crippen molar-refractivity contribution in [3.8, 4) is 0 Å². The molecule has 2 rings (SSSR count). The third kappa shape index (κ3) is 2.35. The monoisotopic (exact) mass is 212 g/mol. The van der Waals surface area contributed by atoms with Crippen molar-refractivity contribution in [1.82, 2.24) is 4.98 Å². The minimum absolute atomic E-state index is 0.221. The summed E-state index contributed by atoms with van der Waals surface area (Å²) < 4.78 is 0. The fourth-order valence-electron chi connectivity index (χ4n) is 1.76. The average Bonchev–Trinajstić information content (AvgIpc) is 2.33. The van der Waals surface area contributed by atoms with E-state index in [1.54, 1.807) is 0 Å². The Labute approximate surface area is 93.7 Å². The molecule has 0 heterocycles. The molecule has 0 spiro atoms. The number of rotatable bonds is 3. The molecule has 0 amide bonds. The molecule has 1 radical (unpaired) electrons. The highest BCUT2D eigenvalue weighted by atomic mass is 28.2. The van der Waals surface area contributed by atoms with Crippen molar-refractivity contribution in [2.45, 2.75) is 6.04 Å². The summed E-state index contributed by atoms with van der Waals surface area (Å²) in [7, 11) is 0.867. The Kier molecular flexibility index (Phi) is 3.32. The summed E-state index contributed by atoms with van der Waals surface area (Å²) in [5, 5.41) is 0. The molecule has 0 aliphatic heterocycles. The molecule has 0 saturated carbocycles. The van der Waals surface area contributed by atoms with E-state index in [1.165, 1.54) is 11.1 Å². The van der Waals surface area contributed by atoms with E-state index in [0.717, 1.165) is 10.4 Å². The molecule has 2 aromatic rings. The minimum atomic E-state index is 0.221. The summed E-state index contributed by atoms with van der Waals surface area (Å²) >= 11 is 0. The van der Waals surface area contributed by atoms with Gasteiger partial charge in [0, 0.05) is 0 Å². The van der Waals surface area contributed by atoms with Crippen LogP contribution in [0.5, 0.6) is 0 Å². The quantitative estimate of drug-likeness (QED) is 0.687. The van der Waals surface area contributed by atoms with E-state index in [1.807, 2.05) is 12.1 Å². The Morgan fingerprint density at radius 2 is 1.13 bits per heavy atom. The van der Waals surface area contributed by atoms with Crippen molar-refractivity contribution in [3.63, 3.8) is 0 Å². The van der Waals surface area contributed by atoms with Gasteiger partial charge in [0.05, 0.1) is 16.4 Å². The van der Waals surface area contributed by atoms with Crippen LogP contribution in [0.1, 0.15) is 17.2 Å². The van der Waals surface area contributed by atoms with Crippen LogP contribution < -0.4 is 4.98 Å². The molecular weight excluding hydrogens is 198 g/mol. The molecule has 0 fully saturated rings. The molecule has 0 N–H and O–H groups in total. The number of nitrogens with zero attached hydrogens (tertiary/aromatic N) is 1. The zero-order chi connectivity index (χ0) is 10.5. The number of hydrogen-bond donors (Lipinski definition) is 0. The van der Waals surface area contributed by atoms with E-state index >= 15 is 0 Å². The highest BCUT2D eigenvalue weighted by molar-refractivity contribution is 6.04. The topological polar surface area (TPSA) is 14.1 Å². The molecule has 0 aliphatic carbocycles. The van der Waals surface area contributed by atoms with Crippen molar-refractivity contribution in [2.75, 3.05) is 0 Å². The van der Waals surface area contributed by atoms with Crippen molar-refractivity contribution < 1.29 is 0 Å². The van der Waals surface area contributed by atoms with Crippen molar-refractivity contribution in [1.29, 1.82) is 0 Å². The summed E-state index contributed by atoms with van der Waals surface area (Å²) in [6.45, 7) is 0. The lowest BCUT2D eigenvalue weighted by molar-refractivity contribution is 0.780. The van der Waals surface area contributed by atoms with Gasteiger partial charge >= 0.3 is 0 Å². The van der Waals surface area contributed by atoms with Gasteiger partial charge in [-0.2, -0.15) is 0 Å². The van der Waals surface area contributed by atoms with Gasteiger partial charge in [-0.05, 0) is 11.1 Å². The normalized spacial score (nSPS) is 10.7. The Bertz CT molecular complexity index is 360. The van der Waals surface area contributed by atoms with E-state index in [-0.39, 0.29) is 6.04 Å². The van der Waals surface area contributed by atoms with Crippen LogP contribution in [0.4, 0.5) is 0 Å². The van der Waals surface area contributed by atoms with Gasteiger partial charge in [0.25, 0.3) is 0 Å². The van der Waals surface area contributed by atoms with Crippen LogP contribution >= 0.6 is 0 Å². The van der Waals surface area contributed by atoms with Gasteiger partial charge in [0.2, 0.25) is 0 Å². The third-order valence-electron chi connectivity index (χ3n) is 2.49. The fraction of sp³-hybridized carbons (Fsp3) is 0.0769. The second-order valence-electron chi connectivity index (χ2n) is 3.48. The van der Waals surface area contributed by atoms with E-state index in [4.69, 9.17) is 0 Å². The predicted molar refractivity (Wildman–Crippen MR) is 66.8 cm³/mol. The molecule has 0 unspecified atom stereocenters. The van der Waals surface area contributed by atoms with Gasteiger partial charge in [-0.15, -0.1) is 0 Å². The second kappa shape index (κ2) is 4.91. The van der Waals surface area contributed by atoms with Gasteiger partial charge in [-0.3, -0.25) is 4.98 Å². The summed E-state index contributed by atoms with van der Waals surface area (Å²) in [4.78, 5) is 4.57. The molecule has 0 bridgehead atoms. The van der Waals surface area contributed by atoms with E-state index in [9.17, 15) is 0 Å². The molecule has 0 aliphatic rings. The summed E-state index contributed by atoms with van der Waals surface area (Å²) in [5.41, 5.74) is 2.55. The molecule has 0 atom stereocenters. The van der Waals surface area contributed by atoms with Crippen molar-refractivity contribution in [3.05, 3.63) is 71.8 Å². The largest absolute Gasteiger partial charge is 0.269 e. The molecule has 75 valence electrons. The van der Waals surface area contributed by atoms with Gasteiger partial charge in [0.15, 0.2) is 0 Å². The zero-order valence-corrected chi connectivity index (χ0v) is 10.8. The molecular formula is C13H14NSi. The number of hydrogen-bond acceptors (Lipinski definition) is 0. The van der Waals surface area contributed by atoms with Crippen LogP contribution in [0.25, 0.3) is 0 Å². The average molecular weight is 212 g/mol. The Morgan fingerprint density at radius 3 is 1.47 bits per heavy atom. The highest BCUT2D eigenvalue weighted by Crippen LogP contribution is 2.21. The summed E-state index contributed by atoms with van der Waals surface area (Å²) in [6, 6.07) is 21.1. The fourth-order valence-corrected chi connectivity index (χ4v) is 2.36. The van der Waals surface area contributed by atoms with Crippen molar-refractivity contribution >= 4 is 10.4 Å². The first-order chi connectivity index (χ1) is 7.42. The first-order valence-electron chi connectivity index (χ1n) is 5.10. The molecule has 2 heteroatoms. The van der Waals surface area contributed by atoms with E-state index < -0.39 is 0 Å². The van der Waals surface area contributed by atoms with Crippen LogP contribution in [0.15, 0.2) is 60.7 Å². The molecule has 2 aromatic carbocycles. The Balaban J connectivity index is 2.34. The van der Waals surface area contributed by atoms with Crippen LogP contribution in [-0.4, -0.2) is 10.4 Å². The van der Waals surface area contributed by atoms with E-state index in [2.05, 4.69) is 53.5 Å². The Hall–Kier alpha value is -1.38. The second-order valence-corrected chi connectivity index (χ2v) is 4.00. The Morgan fingerprint density at radius 1 is 0.733 bits per heavy atom. The first-order valence-corrected chi connectivity index (χ1v) is 6.00. The maximum absolute atomic E-state index is 4.57. The maximum Gasteiger partial charge on any atom is 0.0992 e. The van der Waals surface area contributed by atoms with Gasteiger partial charge in [-0.25, -0.2) is 0 Å². The molecule has 1 nitrogen and oxygen atoms in total. The van der Waals surface area contributed by atoms with Crippen molar-refractivity contribution in [2.24, 2.45) is 0 Å². The minimum Gasteiger partial charge on any atom is -0.269 e. The van der Waals surface area contributed by atoms with Gasteiger partial charge in [-0.1, -0.05) is 60.7 Å². The lowest BCUT2D eigenvalue weighted by Crippen LogP contribution is -2.12. The third-order valence-corrected chi connectivity index (χ3v) is 3.01. The lowest BCUT2D eigenvalue weighted by atomic mass is 10.00. The zero-order valence-electron chi connectivity index (χ0n) is 8.80. The molecule has 0 saturated heterocycles. The summed E-state index contributed by atoms with van der Waals surface area (Å²) in [5.74, 6) is 0. The first kappa shape index (κ1) is 10.1. The molecule has 15 heavy (non-hydrogen) atoms. The maximum atomic E-state index is 4.57. The lowest BCUT2D eigenvalue weighted by Gasteiger charge is -2.15. The SMILES string of the molecule is [SiH3][N]C(c1ccccc1)c1ccccc1. The number of benzene rings is 2. The molecule has 0 aromatic heterocycles. The standard InChI is InChI=1S/C13H14NSi/c15-14-13(11-7-3-1-4-8-11)12-9-5-2-6-10-12/h1-10,13H,15H3. The predicted octanol–water partition coefficient (Wildman–Crippen LogP) is 1.66. The van der Waals surface area contributed by atoms with Crippen LogP contribution in [0.3, 0.4) is 0 Å². The summed E-state index contributed by atoms with van der Waals surface area (Å²) in [6.07, 6.45) is 0. The van der Waals surface area contributed by atoms with Crippen LogP contribution in [0, 0.1) is 0 Å². The highest BCUT2D eigenvalue weighted by Gasteiger charge is 2.10. The smallest absolute Gasteiger partial charge is 0.0992 e.